The Morgan fingerprint density at radius 1 is 1.20 bits per heavy atom. The van der Waals surface area contributed by atoms with E-state index in [0.29, 0.717) is 22.4 Å². The summed E-state index contributed by atoms with van der Waals surface area (Å²) in [5.41, 5.74) is 3.08. The van der Waals surface area contributed by atoms with Crippen LogP contribution in [0, 0.1) is 6.92 Å². The zero-order valence-corrected chi connectivity index (χ0v) is 10.7. The molecule has 0 atom stereocenters. The van der Waals surface area contributed by atoms with Gasteiger partial charge in [-0.3, -0.25) is 0 Å². The molecule has 5 heteroatoms. The third kappa shape index (κ3) is 1.99. The summed E-state index contributed by atoms with van der Waals surface area (Å²) in [6.07, 6.45) is 0. The SMILES string of the molecule is Cc1ccc(O)c(-c2nc3ccc(C(=O)O)cc3[nH]2)c1. The number of aromatic hydroxyl groups is 1. The lowest BCUT2D eigenvalue weighted by Gasteiger charge is -2.01. The minimum absolute atomic E-state index is 0.133. The van der Waals surface area contributed by atoms with Crippen molar-refractivity contribution in [2.45, 2.75) is 6.92 Å². The van der Waals surface area contributed by atoms with Crippen molar-refractivity contribution in [2.24, 2.45) is 0 Å². The summed E-state index contributed by atoms with van der Waals surface area (Å²) in [5, 5.41) is 18.9. The van der Waals surface area contributed by atoms with Crippen LogP contribution in [0.5, 0.6) is 5.75 Å². The van der Waals surface area contributed by atoms with E-state index >= 15 is 0 Å². The summed E-state index contributed by atoms with van der Waals surface area (Å²) >= 11 is 0. The molecule has 3 N–H and O–H groups in total. The molecule has 5 nitrogen and oxygen atoms in total. The van der Waals surface area contributed by atoms with E-state index in [1.807, 2.05) is 19.1 Å². The number of imidazole rings is 1. The van der Waals surface area contributed by atoms with E-state index in [2.05, 4.69) is 9.97 Å². The summed E-state index contributed by atoms with van der Waals surface area (Å²) < 4.78 is 0. The van der Waals surface area contributed by atoms with Crippen molar-refractivity contribution in [2.75, 3.05) is 0 Å². The van der Waals surface area contributed by atoms with Crippen LogP contribution in [0.15, 0.2) is 36.4 Å². The number of hydrogen-bond acceptors (Lipinski definition) is 3. The first-order chi connectivity index (χ1) is 9.54. The van der Waals surface area contributed by atoms with Crippen LogP contribution in [-0.2, 0) is 0 Å². The largest absolute Gasteiger partial charge is 0.507 e. The fourth-order valence-electron chi connectivity index (χ4n) is 2.11. The molecule has 0 aliphatic rings. The third-order valence-corrected chi connectivity index (χ3v) is 3.14. The predicted molar refractivity (Wildman–Crippen MR) is 74.9 cm³/mol. The Balaban J connectivity index is 2.17. The number of aromatic nitrogens is 2. The van der Waals surface area contributed by atoms with Gasteiger partial charge in [0.25, 0.3) is 0 Å². The van der Waals surface area contributed by atoms with Gasteiger partial charge in [-0.2, -0.15) is 0 Å². The Bertz CT molecular complexity index is 821. The number of rotatable bonds is 2. The van der Waals surface area contributed by atoms with Crippen LogP contribution >= 0.6 is 0 Å². The van der Waals surface area contributed by atoms with Crippen LogP contribution in [-0.4, -0.2) is 26.2 Å². The molecule has 2 aromatic carbocycles. The number of aromatic carboxylic acids is 1. The van der Waals surface area contributed by atoms with Crippen molar-refractivity contribution in [3.05, 3.63) is 47.5 Å². The van der Waals surface area contributed by atoms with Crippen LogP contribution in [0.2, 0.25) is 0 Å². The van der Waals surface area contributed by atoms with E-state index in [-0.39, 0.29) is 11.3 Å². The smallest absolute Gasteiger partial charge is 0.335 e. The first kappa shape index (κ1) is 12.2. The van der Waals surface area contributed by atoms with E-state index in [0.717, 1.165) is 5.56 Å². The van der Waals surface area contributed by atoms with Gasteiger partial charge < -0.3 is 15.2 Å². The highest BCUT2D eigenvalue weighted by molar-refractivity contribution is 5.93. The number of aromatic amines is 1. The standard InChI is InChI=1S/C15H12N2O3/c1-8-2-5-13(18)10(6-8)14-16-11-4-3-9(15(19)20)7-12(11)17-14/h2-7,18H,1H3,(H,16,17)(H,19,20). The van der Waals surface area contributed by atoms with Crippen molar-refractivity contribution in [1.82, 2.24) is 9.97 Å². The lowest BCUT2D eigenvalue weighted by atomic mass is 10.1. The van der Waals surface area contributed by atoms with E-state index in [9.17, 15) is 9.90 Å². The summed E-state index contributed by atoms with van der Waals surface area (Å²) in [6, 6.07) is 9.92. The van der Waals surface area contributed by atoms with Crippen molar-refractivity contribution >= 4 is 17.0 Å². The van der Waals surface area contributed by atoms with Gasteiger partial charge in [0.1, 0.15) is 11.6 Å². The van der Waals surface area contributed by atoms with Gasteiger partial charge in [-0.15, -0.1) is 0 Å². The number of H-pyrrole nitrogens is 1. The van der Waals surface area contributed by atoms with Gasteiger partial charge in [-0.05, 0) is 37.3 Å². The molecule has 0 saturated heterocycles. The fourth-order valence-corrected chi connectivity index (χ4v) is 2.11. The Morgan fingerprint density at radius 3 is 2.75 bits per heavy atom. The molecule has 0 spiro atoms. The molecular weight excluding hydrogens is 256 g/mol. The molecule has 0 radical (unpaired) electrons. The third-order valence-electron chi connectivity index (χ3n) is 3.14. The number of carboxylic acid groups (broad SMARTS) is 1. The second-order valence-corrected chi connectivity index (χ2v) is 4.64. The quantitative estimate of drug-likeness (QED) is 0.667. The lowest BCUT2D eigenvalue weighted by molar-refractivity contribution is 0.0697. The fraction of sp³-hybridized carbons (Fsp3) is 0.0667. The monoisotopic (exact) mass is 268 g/mol. The van der Waals surface area contributed by atoms with Crippen LogP contribution in [0.4, 0.5) is 0 Å². The maximum atomic E-state index is 10.9. The second kappa shape index (κ2) is 4.38. The molecular formula is C15H12N2O3. The molecule has 0 unspecified atom stereocenters. The highest BCUT2D eigenvalue weighted by Crippen LogP contribution is 2.29. The normalized spacial score (nSPS) is 10.8. The molecule has 0 bridgehead atoms. The molecule has 0 amide bonds. The van der Waals surface area contributed by atoms with Gasteiger partial charge in [0, 0.05) is 0 Å². The minimum atomic E-state index is -0.985. The average molecular weight is 268 g/mol. The molecule has 0 fully saturated rings. The molecule has 0 aliphatic carbocycles. The number of nitrogens with zero attached hydrogens (tertiary/aromatic N) is 1. The van der Waals surface area contributed by atoms with Gasteiger partial charge in [0.15, 0.2) is 0 Å². The highest BCUT2D eigenvalue weighted by atomic mass is 16.4. The van der Waals surface area contributed by atoms with E-state index in [1.54, 1.807) is 12.1 Å². The molecule has 3 aromatic rings. The van der Waals surface area contributed by atoms with Gasteiger partial charge in [0.2, 0.25) is 0 Å². The Kier molecular flexibility index (Phi) is 2.68. The highest BCUT2D eigenvalue weighted by Gasteiger charge is 2.11. The maximum absolute atomic E-state index is 10.9. The number of hydrogen-bond donors (Lipinski definition) is 3. The molecule has 1 heterocycles. The van der Waals surface area contributed by atoms with E-state index < -0.39 is 5.97 Å². The first-order valence-corrected chi connectivity index (χ1v) is 6.07. The number of benzene rings is 2. The summed E-state index contributed by atoms with van der Waals surface area (Å²) in [4.78, 5) is 18.4. The lowest BCUT2D eigenvalue weighted by Crippen LogP contribution is -1.94. The topological polar surface area (TPSA) is 86.2 Å². The van der Waals surface area contributed by atoms with E-state index in [1.165, 1.54) is 12.1 Å². The van der Waals surface area contributed by atoms with Crippen molar-refractivity contribution in [3.63, 3.8) is 0 Å². The first-order valence-electron chi connectivity index (χ1n) is 6.07. The maximum Gasteiger partial charge on any atom is 0.335 e. The Labute approximate surface area is 114 Å². The van der Waals surface area contributed by atoms with Crippen LogP contribution in [0.1, 0.15) is 15.9 Å². The van der Waals surface area contributed by atoms with Crippen molar-refractivity contribution in [1.29, 1.82) is 0 Å². The summed E-state index contributed by atoms with van der Waals surface area (Å²) in [5.74, 6) is -0.335. The number of carboxylic acids is 1. The average Bonchev–Trinajstić information content (AvgIpc) is 2.83. The number of nitrogens with one attached hydrogen (secondary N) is 1. The molecule has 100 valence electrons. The number of fused-ring (bicyclic) bond motifs is 1. The van der Waals surface area contributed by atoms with Crippen molar-refractivity contribution < 1.29 is 15.0 Å². The van der Waals surface area contributed by atoms with Crippen molar-refractivity contribution in [3.8, 4) is 17.1 Å². The number of phenolic OH excluding ortho intramolecular Hbond substituents is 1. The minimum Gasteiger partial charge on any atom is -0.507 e. The summed E-state index contributed by atoms with van der Waals surface area (Å²) in [6.45, 7) is 1.92. The van der Waals surface area contributed by atoms with Gasteiger partial charge in [0.05, 0.1) is 22.2 Å². The molecule has 3 rings (SSSR count). The predicted octanol–water partition coefficient (Wildman–Crippen LogP) is 2.94. The molecule has 20 heavy (non-hydrogen) atoms. The molecule has 0 saturated carbocycles. The van der Waals surface area contributed by atoms with Gasteiger partial charge in [-0.1, -0.05) is 11.6 Å². The van der Waals surface area contributed by atoms with Crippen LogP contribution in [0.25, 0.3) is 22.4 Å². The number of phenols is 1. The van der Waals surface area contributed by atoms with Crippen LogP contribution in [0.3, 0.4) is 0 Å². The summed E-state index contributed by atoms with van der Waals surface area (Å²) in [7, 11) is 0. The van der Waals surface area contributed by atoms with E-state index in [4.69, 9.17) is 5.11 Å². The number of aryl methyl sites for hydroxylation is 1. The molecule has 0 aliphatic heterocycles. The second-order valence-electron chi connectivity index (χ2n) is 4.64. The molecule has 1 aromatic heterocycles. The van der Waals surface area contributed by atoms with Gasteiger partial charge in [-0.25, -0.2) is 9.78 Å². The zero-order chi connectivity index (χ0) is 14.3. The Morgan fingerprint density at radius 2 is 2.00 bits per heavy atom. The zero-order valence-electron chi connectivity index (χ0n) is 10.7. The van der Waals surface area contributed by atoms with Gasteiger partial charge >= 0.3 is 5.97 Å². The number of carbonyl (C=O) groups is 1. The van der Waals surface area contributed by atoms with Crippen LogP contribution < -0.4 is 0 Å². The Hall–Kier alpha value is -2.82.